The Kier molecular flexibility index (Phi) is 47.8. The van der Waals surface area contributed by atoms with Crippen LogP contribution in [-0.2, 0) is 95.9 Å². The lowest BCUT2D eigenvalue weighted by Gasteiger charge is -2.13. The van der Waals surface area contributed by atoms with Crippen LogP contribution in [0.4, 0.5) is 17.6 Å². The first kappa shape index (κ1) is 94.4. The molecule has 2 amide bonds. The van der Waals surface area contributed by atoms with E-state index in [9.17, 15) is 63.8 Å². The number of ether oxygens (including phenoxy) is 14. The minimum Gasteiger partial charge on any atom is -0.451 e. The lowest BCUT2D eigenvalue weighted by molar-refractivity contribution is -0.142. The van der Waals surface area contributed by atoms with Gasteiger partial charge in [0, 0.05) is 43.9 Å². The number of amides is 2. The average molecular weight is 1580 g/mol. The number of sulfone groups is 1. The van der Waals surface area contributed by atoms with E-state index in [-0.39, 0.29) is 102 Å². The highest BCUT2D eigenvalue weighted by molar-refractivity contribution is 7.91. The SMILES string of the molecule is CC(=O)C(O)C(O)C(=O)CCCOCCOCCOCCOCCOCCOCCNS(=O)(=O)c1ccc(Oc2c(F)cc(/C=C(\C)C(=O)N=C(N)N)cc2F)cc1.CNCCOCCOCCOCCOCCOCCOCCCS(=O)(=O)c1ccc(Oc2c(F)cc(/C=C(\C)C(=O)N=C(N)N)cc2F)cc1. The van der Waals surface area contributed by atoms with Crippen LogP contribution in [0.1, 0.15) is 51.2 Å². The van der Waals surface area contributed by atoms with Gasteiger partial charge in [-0.1, -0.05) is 0 Å². The molecule has 4 rings (SSSR count). The minimum absolute atomic E-state index is 0.0187. The molecular formula is C70H100F4N8O24S2. The van der Waals surface area contributed by atoms with Crippen LogP contribution < -0.4 is 42.4 Å². The molecule has 0 aliphatic heterocycles. The second-order valence-electron chi connectivity index (χ2n) is 22.7. The number of carbonyl (C=O) groups is 4. The van der Waals surface area contributed by atoms with Gasteiger partial charge in [-0.3, -0.25) is 19.2 Å². The van der Waals surface area contributed by atoms with Crippen molar-refractivity contribution in [2.45, 2.75) is 62.0 Å². The second-order valence-corrected chi connectivity index (χ2v) is 26.6. The normalized spacial score (nSPS) is 12.4. The van der Waals surface area contributed by atoms with Gasteiger partial charge in [-0.25, -0.2) is 39.1 Å². The molecule has 0 bridgehead atoms. The van der Waals surface area contributed by atoms with Gasteiger partial charge in [-0.05, 0) is 137 Å². The van der Waals surface area contributed by atoms with Gasteiger partial charge in [0.1, 0.15) is 23.7 Å². The van der Waals surface area contributed by atoms with Crippen molar-refractivity contribution in [3.63, 3.8) is 0 Å². The van der Waals surface area contributed by atoms with Gasteiger partial charge in [0.15, 0.2) is 68.1 Å². The Balaban J connectivity index is 0.000000566. The predicted octanol–water partition coefficient (Wildman–Crippen LogP) is 3.44. The molecule has 12 N–H and O–H groups in total. The number of hydrogen-bond acceptors (Lipinski definition) is 25. The van der Waals surface area contributed by atoms with Gasteiger partial charge in [0.2, 0.25) is 10.0 Å². The Bertz CT molecular complexity index is 3640. The molecule has 0 heterocycles. The molecule has 604 valence electrons. The predicted molar refractivity (Wildman–Crippen MR) is 387 cm³/mol. The Morgan fingerprint density at radius 2 is 0.750 bits per heavy atom. The molecule has 0 aliphatic carbocycles. The molecule has 4 aromatic carbocycles. The Morgan fingerprint density at radius 1 is 0.444 bits per heavy atom. The fraction of sp³-hybridized carbons (Fsp3) is 0.514. The third-order valence-corrected chi connectivity index (χ3v) is 17.2. The number of nitrogens with two attached hydrogens (primary N) is 4. The number of halogens is 4. The van der Waals surface area contributed by atoms with E-state index in [4.69, 9.17) is 89.3 Å². The van der Waals surface area contributed by atoms with E-state index in [0.717, 1.165) is 37.7 Å². The van der Waals surface area contributed by atoms with Crippen molar-refractivity contribution in [2.24, 2.45) is 32.9 Å². The molecule has 0 spiro atoms. The molecular weight excluding hydrogens is 1480 g/mol. The lowest BCUT2D eigenvalue weighted by atomic mass is 10.0. The van der Waals surface area contributed by atoms with E-state index in [2.05, 4.69) is 20.0 Å². The maximum Gasteiger partial charge on any atom is 0.275 e. The van der Waals surface area contributed by atoms with Crippen LogP contribution in [0.2, 0.25) is 0 Å². The third-order valence-electron chi connectivity index (χ3n) is 13.9. The van der Waals surface area contributed by atoms with Crippen LogP contribution >= 0.6 is 0 Å². The van der Waals surface area contributed by atoms with Crippen molar-refractivity contribution in [1.29, 1.82) is 0 Å². The summed E-state index contributed by atoms with van der Waals surface area (Å²) in [7, 11) is -5.69. The quantitative estimate of drug-likeness (QED) is 0.0103. The standard InChI is InChI=1S/C37H52F2N4O14S.C33H48F2N4O10S/c1-25(36(48)43-37(40)41)22-27-23-30(38)35(31(39)24-27)57-28-5-7-29(8-6-28)58(49,50)42-9-11-52-13-15-54-17-19-56-21-20-55-18-16-53-14-12-51-10-3-4-32(45)34(47)33(46)26(2)44;1-25(32(40)39-33(36)37)22-26-23-29(34)31(30(35)24-26)49-27-4-6-28(7-5-27)50(41,42)21-3-9-43-11-13-45-15-17-47-19-20-48-18-16-46-14-12-44-10-8-38-2/h5-8,22-24,33-34,42,46-47H,3-4,9-21H2,1-2H3,(H4,40,41,43,48);4-7,22-24,38H,3,8-21H2,1-2H3,(H4,36,37,39,40)/b2*25-22+. The smallest absolute Gasteiger partial charge is 0.275 e. The van der Waals surface area contributed by atoms with Crippen LogP contribution in [0.3, 0.4) is 0 Å². The number of sulfonamides is 1. The summed E-state index contributed by atoms with van der Waals surface area (Å²) in [5, 5.41) is 22.0. The average Bonchev–Trinajstić information content (AvgIpc) is 0.822. The number of nitrogens with zero attached hydrogens (tertiary/aromatic N) is 2. The molecule has 32 nitrogen and oxygen atoms in total. The van der Waals surface area contributed by atoms with Crippen LogP contribution in [0, 0.1) is 23.3 Å². The molecule has 0 saturated carbocycles. The maximum absolute atomic E-state index is 14.7. The van der Waals surface area contributed by atoms with Gasteiger partial charge in [-0.2, -0.15) is 9.98 Å². The topological polar surface area (TPSA) is 459 Å². The number of aliphatic hydroxyl groups excluding tert-OH is 2. The van der Waals surface area contributed by atoms with E-state index in [1.807, 2.05) is 7.05 Å². The number of hydrogen-bond donors (Lipinski definition) is 8. The van der Waals surface area contributed by atoms with Crippen molar-refractivity contribution in [1.82, 2.24) is 10.0 Å². The van der Waals surface area contributed by atoms with Crippen LogP contribution in [-0.4, -0.2) is 259 Å². The zero-order chi connectivity index (χ0) is 79.5. The molecule has 38 heteroatoms. The fourth-order valence-corrected chi connectivity index (χ4v) is 10.8. The molecule has 108 heavy (non-hydrogen) atoms. The third kappa shape index (κ3) is 41.1. The summed E-state index contributed by atoms with van der Waals surface area (Å²) in [6.07, 6.45) is -0.446. The first-order valence-corrected chi connectivity index (χ1v) is 37.2. The summed E-state index contributed by atoms with van der Waals surface area (Å²) in [6.45, 7) is 13.4. The highest BCUT2D eigenvalue weighted by atomic mass is 32.2. The zero-order valence-corrected chi connectivity index (χ0v) is 62.5. The number of aliphatic imine (C=N–C) groups is 2. The highest BCUT2D eigenvalue weighted by Gasteiger charge is 2.27. The van der Waals surface area contributed by atoms with Crippen molar-refractivity contribution >= 4 is 67.3 Å². The number of benzene rings is 4. The fourth-order valence-electron chi connectivity index (χ4n) is 8.47. The molecule has 0 aromatic heterocycles. The van der Waals surface area contributed by atoms with E-state index >= 15 is 0 Å². The van der Waals surface area contributed by atoms with Crippen molar-refractivity contribution in [2.75, 3.05) is 184 Å². The first-order valence-electron chi connectivity index (χ1n) is 34.0. The maximum atomic E-state index is 14.7. The van der Waals surface area contributed by atoms with E-state index in [1.165, 1.54) is 74.5 Å². The minimum atomic E-state index is -3.92. The number of carbonyl (C=O) groups excluding carboxylic acids is 4. The van der Waals surface area contributed by atoms with Crippen molar-refractivity contribution in [3.8, 4) is 23.0 Å². The van der Waals surface area contributed by atoms with Crippen molar-refractivity contribution < 1.29 is 130 Å². The monoisotopic (exact) mass is 1580 g/mol. The van der Waals surface area contributed by atoms with Gasteiger partial charge >= 0.3 is 0 Å². The molecule has 2 atom stereocenters. The Labute approximate surface area is 625 Å². The largest absolute Gasteiger partial charge is 0.451 e. The number of likely N-dealkylation sites (N-methyl/N-ethyl adjacent to an activating group) is 1. The van der Waals surface area contributed by atoms with Gasteiger partial charge in [0.25, 0.3) is 11.8 Å². The van der Waals surface area contributed by atoms with Crippen LogP contribution in [0.5, 0.6) is 23.0 Å². The molecule has 2 unspecified atom stereocenters. The van der Waals surface area contributed by atoms with Crippen LogP contribution in [0.15, 0.2) is 104 Å². The van der Waals surface area contributed by atoms with Gasteiger partial charge < -0.3 is 105 Å². The number of Topliss-reactive ketones (excluding diaryl/α,β-unsaturated/α-hetero) is 2. The van der Waals surface area contributed by atoms with E-state index in [0.29, 0.717) is 132 Å². The summed E-state index contributed by atoms with van der Waals surface area (Å²) < 4.78 is 187. The Hall–Kier alpha value is -7.84. The van der Waals surface area contributed by atoms with E-state index in [1.54, 1.807) is 0 Å². The first-order chi connectivity index (χ1) is 51.6. The van der Waals surface area contributed by atoms with Gasteiger partial charge in [0.05, 0.1) is 161 Å². The summed E-state index contributed by atoms with van der Waals surface area (Å²) >= 11 is 0. The molecule has 0 saturated heterocycles. The summed E-state index contributed by atoms with van der Waals surface area (Å²) in [5.41, 5.74) is 20.8. The number of ketones is 2. The molecule has 0 fully saturated rings. The number of guanidine groups is 2. The van der Waals surface area contributed by atoms with E-state index < -0.39 is 102 Å². The molecule has 0 radical (unpaired) electrons. The molecule has 4 aromatic rings. The lowest BCUT2D eigenvalue weighted by Crippen LogP contribution is -2.38. The summed E-state index contributed by atoms with van der Waals surface area (Å²) in [6, 6.07) is 13.9. The summed E-state index contributed by atoms with van der Waals surface area (Å²) in [5.74, 6) is -9.52. The van der Waals surface area contributed by atoms with Crippen molar-refractivity contribution in [3.05, 3.63) is 118 Å². The number of nitrogens with one attached hydrogen (secondary N) is 2. The summed E-state index contributed by atoms with van der Waals surface area (Å²) in [4.78, 5) is 53.1. The number of aliphatic hydroxyl groups is 2. The highest BCUT2D eigenvalue weighted by Crippen LogP contribution is 2.32. The second kappa shape index (κ2) is 54.7. The Morgan fingerprint density at radius 3 is 1.07 bits per heavy atom. The zero-order valence-electron chi connectivity index (χ0n) is 60.9. The molecule has 0 aliphatic rings. The van der Waals surface area contributed by atoms with Gasteiger partial charge in [-0.15, -0.1) is 0 Å². The number of rotatable bonds is 58. The van der Waals surface area contributed by atoms with Crippen LogP contribution in [0.25, 0.3) is 12.2 Å².